The summed E-state index contributed by atoms with van der Waals surface area (Å²) in [5, 5.41) is 0. The van der Waals surface area contributed by atoms with Gasteiger partial charge in [0.15, 0.2) is 0 Å². The zero-order valence-corrected chi connectivity index (χ0v) is 10.5. The second-order valence-electron chi connectivity index (χ2n) is 5.50. The van der Waals surface area contributed by atoms with Gasteiger partial charge in [0.25, 0.3) is 0 Å². The van der Waals surface area contributed by atoms with Crippen molar-refractivity contribution in [2.24, 2.45) is 5.92 Å². The third kappa shape index (κ3) is 2.54. The first kappa shape index (κ1) is 11.3. The molecule has 3 rings (SSSR count). The van der Waals surface area contributed by atoms with Gasteiger partial charge in [-0.25, -0.2) is 4.98 Å². The molecule has 1 aliphatic carbocycles. The van der Waals surface area contributed by atoms with Crippen LogP contribution in [0, 0.1) is 5.92 Å². The number of aromatic nitrogens is 2. The number of nitrogens with zero attached hydrogens (tertiary/aromatic N) is 2. The average molecular weight is 234 g/mol. The second-order valence-corrected chi connectivity index (χ2v) is 5.50. The Labute approximate surface area is 103 Å². The number of rotatable bonds is 3. The van der Waals surface area contributed by atoms with E-state index in [1.165, 1.54) is 44.3 Å². The van der Waals surface area contributed by atoms with E-state index in [4.69, 9.17) is 4.74 Å². The van der Waals surface area contributed by atoms with E-state index in [9.17, 15) is 0 Å². The largest absolute Gasteiger partial charge is 0.381 e. The Morgan fingerprint density at radius 2 is 2.12 bits per heavy atom. The van der Waals surface area contributed by atoms with Crippen molar-refractivity contribution < 1.29 is 4.74 Å². The molecule has 0 amide bonds. The molecule has 2 fully saturated rings. The van der Waals surface area contributed by atoms with Crippen LogP contribution in [-0.4, -0.2) is 22.8 Å². The standard InChI is InChI=1S/C14H22N2O/c1-2-6-13(5-1)14-15-7-8-16(14)10-12-4-3-9-17-11-12/h7-8,12-13H,1-6,9-11H2. The van der Waals surface area contributed by atoms with Crippen LogP contribution < -0.4 is 0 Å². The topological polar surface area (TPSA) is 27.1 Å². The molecule has 0 radical (unpaired) electrons. The van der Waals surface area contributed by atoms with Gasteiger partial charge in [-0.15, -0.1) is 0 Å². The molecule has 1 atom stereocenters. The normalized spacial score (nSPS) is 26.5. The maximum atomic E-state index is 5.56. The van der Waals surface area contributed by atoms with Crippen LogP contribution in [0.4, 0.5) is 0 Å². The maximum absolute atomic E-state index is 5.56. The van der Waals surface area contributed by atoms with Crippen LogP contribution in [0.5, 0.6) is 0 Å². The molecule has 1 saturated carbocycles. The summed E-state index contributed by atoms with van der Waals surface area (Å²) < 4.78 is 7.95. The zero-order chi connectivity index (χ0) is 11.5. The molecule has 1 saturated heterocycles. The minimum Gasteiger partial charge on any atom is -0.381 e. The van der Waals surface area contributed by atoms with Gasteiger partial charge in [0.1, 0.15) is 5.82 Å². The van der Waals surface area contributed by atoms with Crippen LogP contribution in [-0.2, 0) is 11.3 Å². The highest BCUT2D eigenvalue weighted by Gasteiger charge is 2.23. The summed E-state index contributed by atoms with van der Waals surface area (Å²) >= 11 is 0. The number of hydrogen-bond acceptors (Lipinski definition) is 2. The lowest BCUT2D eigenvalue weighted by molar-refractivity contribution is 0.0479. The van der Waals surface area contributed by atoms with E-state index in [1.807, 2.05) is 6.20 Å². The molecular formula is C14H22N2O. The minimum absolute atomic E-state index is 0.693. The Bertz CT molecular complexity index is 349. The van der Waals surface area contributed by atoms with Gasteiger partial charge in [-0.05, 0) is 25.7 Å². The molecule has 1 unspecified atom stereocenters. The Morgan fingerprint density at radius 1 is 1.24 bits per heavy atom. The van der Waals surface area contributed by atoms with Crippen molar-refractivity contribution in [1.29, 1.82) is 0 Å². The first-order valence-corrected chi connectivity index (χ1v) is 7.02. The first-order chi connectivity index (χ1) is 8.43. The van der Waals surface area contributed by atoms with Crippen LogP contribution in [0.1, 0.15) is 50.3 Å². The molecule has 1 aliphatic heterocycles. The summed E-state index contributed by atoms with van der Waals surface area (Å²) in [4.78, 5) is 4.59. The van der Waals surface area contributed by atoms with Crippen molar-refractivity contribution in [1.82, 2.24) is 9.55 Å². The first-order valence-electron chi connectivity index (χ1n) is 7.02. The van der Waals surface area contributed by atoms with Gasteiger partial charge in [-0.2, -0.15) is 0 Å². The highest BCUT2D eigenvalue weighted by atomic mass is 16.5. The molecule has 3 nitrogen and oxygen atoms in total. The van der Waals surface area contributed by atoms with Crippen molar-refractivity contribution >= 4 is 0 Å². The van der Waals surface area contributed by atoms with Crippen molar-refractivity contribution in [2.45, 2.75) is 51.0 Å². The molecule has 0 aromatic carbocycles. The minimum atomic E-state index is 0.693. The van der Waals surface area contributed by atoms with Gasteiger partial charge >= 0.3 is 0 Å². The van der Waals surface area contributed by atoms with Crippen molar-refractivity contribution in [3.8, 4) is 0 Å². The summed E-state index contributed by atoms with van der Waals surface area (Å²) in [5.41, 5.74) is 0. The summed E-state index contributed by atoms with van der Waals surface area (Å²) in [6, 6.07) is 0. The SMILES string of the molecule is c1cn(CC2CCCOC2)c(C2CCCC2)n1. The fourth-order valence-electron chi connectivity index (χ4n) is 3.25. The Balaban J connectivity index is 1.67. The maximum Gasteiger partial charge on any atom is 0.111 e. The van der Waals surface area contributed by atoms with Crippen molar-refractivity contribution in [2.75, 3.05) is 13.2 Å². The summed E-state index contributed by atoms with van der Waals surface area (Å²) in [5.74, 6) is 2.74. The monoisotopic (exact) mass is 234 g/mol. The van der Waals surface area contributed by atoms with E-state index in [0.717, 1.165) is 25.7 Å². The molecule has 2 aliphatic rings. The summed E-state index contributed by atoms with van der Waals surface area (Å²) in [6.07, 6.45) is 12.1. The summed E-state index contributed by atoms with van der Waals surface area (Å²) in [6.45, 7) is 2.99. The average Bonchev–Trinajstić information content (AvgIpc) is 3.00. The third-order valence-corrected chi connectivity index (χ3v) is 4.18. The Kier molecular flexibility index (Phi) is 3.46. The third-order valence-electron chi connectivity index (χ3n) is 4.18. The molecule has 1 aromatic rings. The van der Waals surface area contributed by atoms with Gasteiger partial charge in [0, 0.05) is 37.4 Å². The molecule has 0 N–H and O–H groups in total. The fraction of sp³-hybridized carbons (Fsp3) is 0.786. The van der Waals surface area contributed by atoms with Crippen LogP contribution in [0.15, 0.2) is 12.4 Å². The van der Waals surface area contributed by atoms with E-state index in [0.29, 0.717) is 5.92 Å². The molecule has 94 valence electrons. The molecule has 2 heterocycles. The van der Waals surface area contributed by atoms with E-state index in [1.54, 1.807) is 0 Å². The smallest absolute Gasteiger partial charge is 0.111 e. The number of imidazole rings is 1. The molecule has 3 heteroatoms. The molecular weight excluding hydrogens is 212 g/mol. The van der Waals surface area contributed by atoms with Crippen LogP contribution >= 0.6 is 0 Å². The van der Waals surface area contributed by atoms with Crippen LogP contribution in [0.25, 0.3) is 0 Å². The highest BCUT2D eigenvalue weighted by Crippen LogP contribution is 2.33. The summed E-state index contributed by atoms with van der Waals surface area (Å²) in [7, 11) is 0. The van der Waals surface area contributed by atoms with Gasteiger partial charge < -0.3 is 9.30 Å². The molecule has 17 heavy (non-hydrogen) atoms. The predicted molar refractivity (Wildman–Crippen MR) is 67.0 cm³/mol. The predicted octanol–water partition coefficient (Wildman–Crippen LogP) is 2.97. The molecule has 1 aromatic heterocycles. The highest BCUT2D eigenvalue weighted by molar-refractivity contribution is 5.02. The second kappa shape index (κ2) is 5.21. The number of ether oxygens (including phenoxy) is 1. The van der Waals surface area contributed by atoms with Gasteiger partial charge in [-0.1, -0.05) is 12.8 Å². The van der Waals surface area contributed by atoms with Gasteiger partial charge in [0.05, 0.1) is 6.61 Å². The van der Waals surface area contributed by atoms with E-state index < -0.39 is 0 Å². The Morgan fingerprint density at radius 3 is 2.88 bits per heavy atom. The lowest BCUT2D eigenvalue weighted by Crippen LogP contribution is -2.23. The van der Waals surface area contributed by atoms with Crippen LogP contribution in [0.3, 0.4) is 0 Å². The fourth-order valence-corrected chi connectivity index (χ4v) is 3.25. The lowest BCUT2D eigenvalue weighted by atomic mass is 10.0. The zero-order valence-electron chi connectivity index (χ0n) is 10.5. The number of hydrogen-bond donors (Lipinski definition) is 0. The Hall–Kier alpha value is -0.830. The van der Waals surface area contributed by atoms with Gasteiger partial charge in [-0.3, -0.25) is 0 Å². The molecule has 0 spiro atoms. The van der Waals surface area contributed by atoms with Gasteiger partial charge in [0.2, 0.25) is 0 Å². The van der Waals surface area contributed by atoms with E-state index in [2.05, 4.69) is 15.7 Å². The quantitative estimate of drug-likeness (QED) is 0.804. The van der Waals surface area contributed by atoms with Crippen LogP contribution in [0.2, 0.25) is 0 Å². The lowest BCUT2D eigenvalue weighted by Gasteiger charge is -2.24. The van der Waals surface area contributed by atoms with Crippen molar-refractivity contribution in [3.63, 3.8) is 0 Å². The molecule has 0 bridgehead atoms. The van der Waals surface area contributed by atoms with E-state index >= 15 is 0 Å². The van der Waals surface area contributed by atoms with E-state index in [-0.39, 0.29) is 0 Å². The van der Waals surface area contributed by atoms with Crippen molar-refractivity contribution in [3.05, 3.63) is 18.2 Å².